The lowest BCUT2D eigenvalue weighted by atomic mass is 10.0. The first-order valence-electron chi connectivity index (χ1n) is 14.0. The number of nitrogens with one attached hydrogen (secondary N) is 1. The van der Waals surface area contributed by atoms with Crippen molar-refractivity contribution in [2.24, 2.45) is 4.99 Å². The third-order valence-electron chi connectivity index (χ3n) is 7.15. The fourth-order valence-electron chi connectivity index (χ4n) is 4.69. The second kappa shape index (κ2) is 13.5. The standard InChI is InChI=1S/C31H29ClF3N7O3S/c1-18(2)25-14-9-22(32)15-26(25)42-27(43)16-46-30(42)37-29(44)39-40(4)19(3)20-5-7-21(8-6-20)28-36-17-41(38-28)23-10-12-24(13-11-23)45-31(33,34)35/h5-15,17-19H,16H2,1-4H3,(H,39,44). The summed E-state index contributed by atoms with van der Waals surface area (Å²) >= 11 is 7.43. The van der Waals surface area contributed by atoms with Crippen LogP contribution in [0.2, 0.25) is 5.02 Å². The number of amides is 3. The SMILES string of the molecule is CC(C)c1ccc(Cl)cc1N1C(=O)CSC1=NC(=O)NN(C)C(C)c1ccc(-c2ncn(-c3ccc(OC(F)(F)F)cc3)n2)cc1. The van der Waals surface area contributed by atoms with Gasteiger partial charge in [-0.1, -0.05) is 67.5 Å². The van der Waals surface area contributed by atoms with Crippen LogP contribution in [-0.2, 0) is 4.79 Å². The molecule has 1 aromatic heterocycles. The number of benzene rings is 3. The minimum Gasteiger partial charge on any atom is -0.406 e. The van der Waals surface area contributed by atoms with Crippen molar-refractivity contribution in [3.05, 3.63) is 89.2 Å². The van der Waals surface area contributed by atoms with Gasteiger partial charge in [0.25, 0.3) is 0 Å². The second-order valence-electron chi connectivity index (χ2n) is 10.7. The van der Waals surface area contributed by atoms with Crippen molar-refractivity contribution in [1.82, 2.24) is 25.2 Å². The third kappa shape index (κ3) is 7.69. The van der Waals surface area contributed by atoms with Crippen molar-refractivity contribution in [1.29, 1.82) is 0 Å². The fraction of sp³-hybridized carbons (Fsp3) is 0.258. The van der Waals surface area contributed by atoms with Gasteiger partial charge in [-0.05, 0) is 60.4 Å². The van der Waals surface area contributed by atoms with Gasteiger partial charge in [-0.3, -0.25) is 15.1 Å². The van der Waals surface area contributed by atoms with Gasteiger partial charge in [0.1, 0.15) is 12.1 Å². The van der Waals surface area contributed by atoms with Crippen LogP contribution in [0.15, 0.2) is 78.0 Å². The van der Waals surface area contributed by atoms with Gasteiger partial charge in [0.2, 0.25) is 5.91 Å². The van der Waals surface area contributed by atoms with Gasteiger partial charge >= 0.3 is 12.4 Å². The second-order valence-corrected chi connectivity index (χ2v) is 12.0. The Bertz CT molecular complexity index is 1760. The predicted molar refractivity (Wildman–Crippen MR) is 171 cm³/mol. The van der Waals surface area contributed by atoms with Gasteiger partial charge in [0, 0.05) is 17.6 Å². The highest BCUT2D eigenvalue weighted by Crippen LogP contribution is 2.35. The number of thioether (sulfide) groups is 1. The Balaban J connectivity index is 1.24. The highest BCUT2D eigenvalue weighted by molar-refractivity contribution is 8.15. The number of ether oxygens (including phenoxy) is 1. The number of hydrogen-bond acceptors (Lipinski definition) is 7. The Morgan fingerprint density at radius 2 is 1.78 bits per heavy atom. The van der Waals surface area contributed by atoms with Crippen molar-refractivity contribution >= 4 is 46.2 Å². The number of alkyl halides is 3. The van der Waals surface area contributed by atoms with E-state index in [4.69, 9.17) is 11.6 Å². The van der Waals surface area contributed by atoms with E-state index < -0.39 is 12.4 Å². The van der Waals surface area contributed by atoms with Gasteiger partial charge in [0.05, 0.1) is 23.2 Å². The van der Waals surface area contributed by atoms with Gasteiger partial charge < -0.3 is 4.74 Å². The smallest absolute Gasteiger partial charge is 0.406 e. The van der Waals surface area contributed by atoms with Crippen molar-refractivity contribution in [2.75, 3.05) is 17.7 Å². The number of aliphatic imine (C=N–C) groups is 1. The molecule has 3 amide bonds. The minimum atomic E-state index is -4.77. The lowest BCUT2D eigenvalue weighted by molar-refractivity contribution is -0.274. The molecule has 1 fully saturated rings. The normalized spacial score (nSPS) is 15.2. The molecule has 240 valence electrons. The molecule has 0 bridgehead atoms. The molecule has 2 heterocycles. The van der Waals surface area contributed by atoms with Crippen LogP contribution in [0.1, 0.15) is 43.9 Å². The molecule has 4 aromatic rings. The van der Waals surface area contributed by atoms with E-state index in [1.54, 1.807) is 24.2 Å². The zero-order chi connectivity index (χ0) is 33.2. The quantitative estimate of drug-likeness (QED) is 0.195. The molecule has 1 aliphatic rings. The summed E-state index contributed by atoms with van der Waals surface area (Å²) in [5.74, 6) is 0.178. The van der Waals surface area contributed by atoms with Crippen LogP contribution in [0.25, 0.3) is 17.1 Å². The highest BCUT2D eigenvalue weighted by Gasteiger charge is 2.33. The zero-order valence-corrected chi connectivity index (χ0v) is 26.7. The average Bonchev–Trinajstić information content (AvgIpc) is 3.63. The molecule has 0 radical (unpaired) electrons. The van der Waals surface area contributed by atoms with Crippen LogP contribution in [-0.4, -0.2) is 56.0 Å². The lowest BCUT2D eigenvalue weighted by Crippen LogP contribution is -2.40. The van der Waals surface area contributed by atoms with E-state index in [0.717, 1.165) is 16.7 Å². The number of urea groups is 1. The van der Waals surface area contributed by atoms with Crippen LogP contribution in [0.4, 0.5) is 23.7 Å². The number of carbonyl (C=O) groups is 2. The molecule has 15 heteroatoms. The van der Waals surface area contributed by atoms with Gasteiger partial charge in [-0.25, -0.2) is 19.5 Å². The summed E-state index contributed by atoms with van der Waals surface area (Å²) in [6, 6.07) is 17.2. The summed E-state index contributed by atoms with van der Waals surface area (Å²) in [5.41, 5.74) is 6.39. The van der Waals surface area contributed by atoms with Crippen molar-refractivity contribution < 1.29 is 27.5 Å². The number of nitrogens with zero attached hydrogens (tertiary/aromatic N) is 6. The zero-order valence-electron chi connectivity index (χ0n) is 25.1. The van der Waals surface area contributed by atoms with Crippen LogP contribution >= 0.6 is 23.4 Å². The topological polar surface area (TPSA) is 105 Å². The first-order chi connectivity index (χ1) is 21.8. The molecule has 5 rings (SSSR count). The number of rotatable bonds is 8. The van der Waals surface area contributed by atoms with Crippen LogP contribution < -0.4 is 15.1 Å². The minimum absolute atomic E-state index is 0.119. The number of halogens is 4. The Hall–Kier alpha value is -4.40. The molecule has 3 aromatic carbocycles. The number of amidine groups is 1. The summed E-state index contributed by atoms with van der Waals surface area (Å²) in [7, 11) is 1.71. The van der Waals surface area contributed by atoms with Crippen LogP contribution in [0, 0.1) is 0 Å². The monoisotopic (exact) mass is 671 g/mol. The first-order valence-corrected chi connectivity index (χ1v) is 15.4. The molecule has 0 aliphatic carbocycles. The predicted octanol–water partition coefficient (Wildman–Crippen LogP) is 7.36. The van der Waals surface area contributed by atoms with E-state index >= 15 is 0 Å². The molecule has 1 unspecified atom stereocenters. The Labute approximate surface area is 272 Å². The summed E-state index contributed by atoms with van der Waals surface area (Å²) in [4.78, 5) is 35.7. The number of aromatic nitrogens is 3. The Morgan fingerprint density at radius 3 is 2.43 bits per heavy atom. The molecule has 1 N–H and O–H groups in total. The summed E-state index contributed by atoms with van der Waals surface area (Å²) in [6.45, 7) is 5.93. The van der Waals surface area contributed by atoms with Crippen molar-refractivity contribution in [3.8, 4) is 22.8 Å². The van der Waals surface area contributed by atoms with E-state index in [2.05, 4.69) is 25.2 Å². The summed E-state index contributed by atoms with van der Waals surface area (Å²) in [5, 5.41) is 6.79. The lowest BCUT2D eigenvalue weighted by Gasteiger charge is -2.25. The van der Waals surface area contributed by atoms with E-state index in [0.29, 0.717) is 22.2 Å². The Kier molecular flexibility index (Phi) is 9.70. The summed E-state index contributed by atoms with van der Waals surface area (Å²) in [6.07, 6.45) is -3.31. The molecular formula is C31H29ClF3N7O3S. The van der Waals surface area contributed by atoms with Crippen LogP contribution in [0.3, 0.4) is 0 Å². The average molecular weight is 672 g/mol. The molecule has 1 aliphatic heterocycles. The largest absolute Gasteiger partial charge is 0.573 e. The molecule has 0 spiro atoms. The van der Waals surface area contributed by atoms with Gasteiger partial charge in [0.15, 0.2) is 11.0 Å². The van der Waals surface area contributed by atoms with Crippen molar-refractivity contribution in [2.45, 2.75) is 39.1 Å². The van der Waals surface area contributed by atoms with E-state index in [-0.39, 0.29) is 34.5 Å². The summed E-state index contributed by atoms with van der Waals surface area (Å²) < 4.78 is 42.7. The number of anilines is 1. The molecule has 1 atom stereocenters. The molecule has 10 nitrogen and oxygen atoms in total. The molecular weight excluding hydrogens is 643 g/mol. The number of carbonyl (C=O) groups excluding carboxylic acids is 2. The van der Waals surface area contributed by atoms with E-state index in [1.807, 2.05) is 51.1 Å². The van der Waals surface area contributed by atoms with Crippen LogP contribution in [0.5, 0.6) is 5.75 Å². The fourth-order valence-corrected chi connectivity index (χ4v) is 5.72. The van der Waals surface area contributed by atoms with Gasteiger partial charge in [-0.2, -0.15) is 4.99 Å². The maximum atomic E-state index is 13.0. The molecule has 46 heavy (non-hydrogen) atoms. The highest BCUT2D eigenvalue weighted by atomic mass is 35.5. The van der Waals surface area contributed by atoms with E-state index in [9.17, 15) is 22.8 Å². The first kappa shape index (κ1) is 33.0. The number of hydrazine groups is 1. The number of hydrogen-bond donors (Lipinski definition) is 1. The Morgan fingerprint density at radius 1 is 1.09 bits per heavy atom. The van der Waals surface area contributed by atoms with E-state index in [1.165, 1.54) is 51.9 Å². The molecule has 0 saturated carbocycles. The maximum absolute atomic E-state index is 13.0. The maximum Gasteiger partial charge on any atom is 0.573 e. The third-order valence-corrected chi connectivity index (χ3v) is 8.31. The van der Waals surface area contributed by atoms with Crippen molar-refractivity contribution in [3.63, 3.8) is 0 Å². The van der Waals surface area contributed by atoms with Gasteiger partial charge in [-0.15, -0.1) is 18.3 Å². The molecule has 1 saturated heterocycles.